The lowest BCUT2D eigenvalue weighted by Crippen LogP contribution is -2.39. The lowest BCUT2D eigenvalue weighted by Gasteiger charge is -2.21. The van der Waals surface area contributed by atoms with Crippen LogP contribution in [-0.4, -0.2) is 35.7 Å². The minimum Gasteiger partial charge on any atom is -0.464 e. The summed E-state index contributed by atoms with van der Waals surface area (Å²) in [6.07, 6.45) is -0.361. The van der Waals surface area contributed by atoms with E-state index in [1.807, 2.05) is 0 Å². The van der Waals surface area contributed by atoms with E-state index in [1.165, 1.54) is 0 Å². The minimum atomic E-state index is -0.800. The zero-order valence-corrected chi connectivity index (χ0v) is 9.91. The van der Waals surface area contributed by atoms with Crippen molar-refractivity contribution in [2.45, 2.75) is 33.2 Å². The summed E-state index contributed by atoms with van der Waals surface area (Å²) in [6, 6.07) is -0.800. The molecule has 0 aromatic heterocycles. The molecule has 0 fully saturated rings. The third-order valence-corrected chi connectivity index (χ3v) is 2.03. The van der Waals surface area contributed by atoms with Crippen molar-refractivity contribution in [1.82, 2.24) is 4.42 Å². The normalized spacial score (nSPS) is 11.7. The summed E-state index contributed by atoms with van der Waals surface area (Å²) in [7, 11) is 0. The Morgan fingerprint density at radius 1 is 1.20 bits per heavy atom. The number of nitrogens with zero attached hydrogens (tertiary/aromatic N) is 1. The van der Waals surface area contributed by atoms with Gasteiger partial charge >= 0.3 is 12.1 Å². The van der Waals surface area contributed by atoms with Gasteiger partial charge in [0.2, 0.25) is 0 Å². The SMILES string of the molecule is CCOC(=O)C(CC)N(Cl)C(=O)OCC. The Balaban J connectivity index is 4.38. The first kappa shape index (κ1) is 14.0. The number of hydrogen-bond donors (Lipinski definition) is 0. The maximum absolute atomic E-state index is 11.4. The van der Waals surface area contributed by atoms with Crippen LogP contribution in [0.1, 0.15) is 27.2 Å². The van der Waals surface area contributed by atoms with Gasteiger partial charge in [0.15, 0.2) is 0 Å². The molecule has 0 rings (SSSR count). The van der Waals surface area contributed by atoms with Crippen LogP contribution in [0.3, 0.4) is 0 Å². The number of carbonyl (C=O) groups excluding carboxylic acids is 2. The first-order valence-electron chi connectivity index (χ1n) is 4.86. The fraction of sp³-hybridized carbons (Fsp3) is 0.778. The highest BCUT2D eigenvalue weighted by atomic mass is 35.5. The number of rotatable bonds is 5. The quantitative estimate of drug-likeness (QED) is 0.542. The van der Waals surface area contributed by atoms with Crippen LogP contribution in [0.4, 0.5) is 4.79 Å². The van der Waals surface area contributed by atoms with E-state index >= 15 is 0 Å². The highest BCUT2D eigenvalue weighted by Crippen LogP contribution is 2.11. The van der Waals surface area contributed by atoms with Gasteiger partial charge in [0.25, 0.3) is 0 Å². The van der Waals surface area contributed by atoms with Crippen molar-refractivity contribution in [3.63, 3.8) is 0 Å². The molecule has 0 aliphatic heterocycles. The predicted octanol–water partition coefficient (Wildman–Crippen LogP) is 1.94. The number of halogens is 1. The summed E-state index contributed by atoms with van der Waals surface area (Å²) in [5.74, 6) is -0.525. The van der Waals surface area contributed by atoms with E-state index in [9.17, 15) is 9.59 Å². The van der Waals surface area contributed by atoms with Gasteiger partial charge in [-0.3, -0.25) is 0 Å². The largest absolute Gasteiger partial charge is 0.464 e. The van der Waals surface area contributed by atoms with E-state index in [0.717, 1.165) is 4.42 Å². The Kier molecular flexibility index (Phi) is 6.86. The van der Waals surface area contributed by atoms with Crippen molar-refractivity contribution in [3.8, 4) is 0 Å². The second kappa shape index (κ2) is 7.34. The molecule has 1 atom stereocenters. The molecule has 1 amide bonds. The van der Waals surface area contributed by atoms with Crippen molar-refractivity contribution in [1.29, 1.82) is 0 Å². The van der Waals surface area contributed by atoms with E-state index in [4.69, 9.17) is 16.5 Å². The Hall–Kier alpha value is -0.970. The molecule has 0 aromatic carbocycles. The smallest absolute Gasteiger partial charge is 0.425 e. The average molecular weight is 238 g/mol. The van der Waals surface area contributed by atoms with Crippen LogP contribution >= 0.6 is 11.8 Å². The van der Waals surface area contributed by atoms with Gasteiger partial charge in [-0.05, 0) is 20.3 Å². The monoisotopic (exact) mass is 237 g/mol. The average Bonchev–Trinajstić information content (AvgIpc) is 2.19. The lowest BCUT2D eigenvalue weighted by atomic mass is 10.2. The maximum atomic E-state index is 11.4. The molecule has 0 heterocycles. The van der Waals surface area contributed by atoms with Crippen molar-refractivity contribution in [2.75, 3.05) is 13.2 Å². The van der Waals surface area contributed by atoms with Crippen LogP contribution in [0.25, 0.3) is 0 Å². The Morgan fingerprint density at radius 2 is 1.73 bits per heavy atom. The molecule has 0 aliphatic rings. The van der Waals surface area contributed by atoms with Crippen molar-refractivity contribution in [2.24, 2.45) is 0 Å². The molecule has 5 nitrogen and oxygen atoms in total. The number of ether oxygens (including phenoxy) is 2. The highest BCUT2D eigenvalue weighted by Gasteiger charge is 2.29. The molecular formula is C9H16ClNO4. The Bertz CT molecular complexity index is 222. The molecule has 0 aromatic rings. The van der Waals surface area contributed by atoms with Crippen LogP contribution in [-0.2, 0) is 14.3 Å². The summed E-state index contributed by atoms with van der Waals surface area (Å²) in [4.78, 5) is 22.6. The molecular weight excluding hydrogens is 222 g/mol. The Morgan fingerprint density at radius 3 is 2.13 bits per heavy atom. The molecule has 0 radical (unpaired) electrons. The van der Waals surface area contributed by atoms with Gasteiger partial charge in [0, 0.05) is 11.8 Å². The van der Waals surface area contributed by atoms with Gasteiger partial charge in [-0.15, -0.1) is 0 Å². The van der Waals surface area contributed by atoms with Crippen LogP contribution in [0.5, 0.6) is 0 Å². The number of esters is 1. The van der Waals surface area contributed by atoms with E-state index in [0.29, 0.717) is 6.42 Å². The zero-order valence-electron chi connectivity index (χ0n) is 9.16. The van der Waals surface area contributed by atoms with Crippen LogP contribution in [0, 0.1) is 0 Å². The molecule has 0 saturated heterocycles. The highest BCUT2D eigenvalue weighted by molar-refractivity contribution is 6.21. The molecule has 0 N–H and O–H groups in total. The summed E-state index contributed by atoms with van der Waals surface area (Å²) < 4.78 is 10.2. The standard InChI is InChI=1S/C9H16ClNO4/c1-4-7(8(12)14-5-2)11(10)9(13)15-6-3/h7H,4-6H2,1-3H3. The van der Waals surface area contributed by atoms with Crippen LogP contribution < -0.4 is 0 Å². The molecule has 88 valence electrons. The van der Waals surface area contributed by atoms with Crippen molar-refractivity contribution >= 4 is 23.8 Å². The van der Waals surface area contributed by atoms with Crippen molar-refractivity contribution in [3.05, 3.63) is 0 Å². The number of amides is 1. The summed E-state index contributed by atoms with van der Waals surface area (Å²) >= 11 is 5.66. The zero-order chi connectivity index (χ0) is 11.8. The van der Waals surface area contributed by atoms with E-state index < -0.39 is 18.1 Å². The van der Waals surface area contributed by atoms with Gasteiger partial charge in [-0.2, -0.15) is 0 Å². The van der Waals surface area contributed by atoms with Gasteiger partial charge in [0.1, 0.15) is 6.04 Å². The molecule has 0 aliphatic carbocycles. The number of hydrogen-bond acceptors (Lipinski definition) is 4. The number of carbonyl (C=O) groups is 2. The summed E-state index contributed by atoms with van der Waals surface area (Å²) in [5.41, 5.74) is 0. The van der Waals surface area contributed by atoms with E-state index in [1.54, 1.807) is 20.8 Å². The first-order valence-corrected chi connectivity index (χ1v) is 5.20. The topological polar surface area (TPSA) is 55.8 Å². The third-order valence-electron chi connectivity index (χ3n) is 1.66. The van der Waals surface area contributed by atoms with Crippen molar-refractivity contribution < 1.29 is 19.1 Å². The predicted molar refractivity (Wildman–Crippen MR) is 55.4 cm³/mol. The molecule has 6 heteroatoms. The fourth-order valence-electron chi connectivity index (χ4n) is 0.970. The Labute approximate surface area is 94.4 Å². The summed E-state index contributed by atoms with van der Waals surface area (Å²) in [5, 5.41) is 0. The lowest BCUT2D eigenvalue weighted by molar-refractivity contribution is -0.147. The third kappa shape index (κ3) is 4.38. The molecule has 0 bridgehead atoms. The summed E-state index contributed by atoms with van der Waals surface area (Å²) in [6.45, 7) is 5.54. The molecule has 1 unspecified atom stereocenters. The van der Waals surface area contributed by atoms with E-state index in [2.05, 4.69) is 4.74 Å². The second-order valence-electron chi connectivity index (χ2n) is 2.69. The van der Waals surface area contributed by atoms with E-state index in [-0.39, 0.29) is 13.2 Å². The molecule has 0 saturated carbocycles. The maximum Gasteiger partial charge on any atom is 0.425 e. The van der Waals surface area contributed by atoms with Gasteiger partial charge in [-0.25, -0.2) is 14.0 Å². The first-order chi connectivity index (χ1) is 7.08. The molecule has 15 heavy (non-hydrogen) atoms. The van der Waals surface area contributed by atoms with Crippen LogP contribution in [0.15, 0.2) is 0 Å². The van der Waals surface area contributed by atoms with Gasteiger partial charge in [0.05, 0.1) is 13.2 Å². The minimum absolute atomic E-state index is 0.210. The molecule has 0 spiro atoms. The van der Waals surface area contributed by atoms with Gasteiger partial charge < -0.3 is 9.47 Å². The van der Waals surface area contributed by atoms with Gasteiger partial charge in [-0.1, -0.05) is 6.92 Å². The second-order valence-corrected chi connectivity index (χ2v) is 3.05. The fourth-order valence-corrected chi connectivity index (χ4v) is 1.24. The van der Waals surface area contributed by atoms with Crippen LogP contribution in [0.2, 0.25) is 0 Å².